The van der Waals surface area contributed by atoms with E-state index in [0.29, 0.717) is 6.04 Å². The topological polar surface area (TPSA) is 38.5 Å². The zero-order chi connectivity index (χ0) is 10.8. The Kier molecular flexibility index (Phi) is 2.82. The highest BCUT2D eigenvalue weighted by atomic mass is 16.5. The van der Waals surface area contributed by atoms with Crippen molar-refractivity contribution in [2.45, 2.75) is 19.9 Å². The van der Waals surface area contributed by atoms with Crippen molar-refractivity contribution in [2.24, 2.45) is 0 Å². The second kappa shape index (κ2) is 4.11. The predicted molar refractivity (Wildman–Crippen MR) is 63.2 cm³/mol. The van der Waals surface area contributed by atoms with Crippen molar-refractivity contribution >= 4 is 11.4 Å². The van der Waals surface area contributed by atoms with E-state index in [-0.39, 0.29) is 0 Å². The molecule has 0 aromatic heterocycles. The second-order valence-corrected chi connectivity index (χ2v) is 4.11. The Morgan fingerprint density at radius 3 is 3.00 bits per heavy atom. The molecular formula is C12H18N2O. The van der Waals surface area contributed by atoms with E-state index in [0.717, 1.165) is 25.4 Å². The molecule has 1 aromatic rings. The van der Waals surface area contributed by atoms with E-state index in [1.807, 2.05) is 12.1 Å². The van der Waals surface area contributed by atoms with E-state index in [2.05, 4.69) is 24.8 Å². The molecule has 1 heterocycles. The molecule has 15 heavy (non-hydrogen) atoms. The van der Waals surface area contributed by atoms with Crippen LogP contribution in [0.25, 0.3) is 0 Å². The summed E-state index contributed by atoms with van der Waals surface area (Å²) >= 11 is 0. The monoisotopic (exact) mass is 206 g/mol. The number of hydrogen-bond acceptors (Lipinski definition) is 3. The third kappa shape index (κ3) is 1.92. The zero-order valence-electron chi connectivity index (χ0n) is 9.36. The largest absolute Gasteiger partial charge is 0.398 e. The van der Waals surface area contributed by atoms with Gasteiger partial charge >= 0.3 is 0 Å². The first-order valence-electron chi connectivity index (χ1n) is 5.39. The van der Waals surface area contributed by atoms with E-state index in [4.69, 9.17) is 10.5 Å². The number of nitrogens with zero attached hydrogens (tertiary/aromatic N) is 1. The molecule has 0 amide bonds. The molecule has 2 rings (SSSR count). The SMILES string of the molecule is Cc1c(N)cccc1N1CCOCC1C. The van der Waals surface area contributed by atoms with Crippen LogP contribution >= 0.6 is 0 Å². The molecule has 0 saturated carbocycles. The molecule has 0 radical (unpaired) electrons. The maximum absolute atomic E-state index is 5.91. The predicted octanol–water partition coefficient (Wildman–Crippen LogP) is 1.80. The van der Waals surface area contributed by atoms with Gasteiger partial charge in [-0.1, -0.05) is 6.07 Å². The number of ether oxygens (including phenoxy) is 1. The molecule has 1 aliphatic rings. The summed E-state index contributed by atoms with van der Waals surface area (Å²) in [6.07, 6.45) is 0. The molecule has 0 spiro atoms. The van der Waals surface area contributed by atoms with Gasteiger partial charge in [-0.15, -0.1) is 0 Å². The lowest BCUT2D eigenvalue weighted by Crippen LogP contribution is -2.44. The first-order chi connectivity index (χ1) is 7.20. The van der Waals surface area contributed by atoms with E-state index < -0.39 is 0 Å². The standard InChI is InChI=1S/C12H18N2O/c1-9-8-15-7-6-14(9)12-5-3-4-11(13)10(12)2/h3-5,9H,6-8,13H2,1-2H3. The summed E-state index contributed by atoms with van der Waals surface area (Å²) in [6, 6.07) is 6.52. The number of hydrogen-bond donors (Lipinski definition) is 1. The van der Waals surface area contributed by atoms with E-state index in [9.17, 15) is 0 Å². The van der Waals surface area contributed by atoms with E-state index in [1.54, 1.807) is 0 Å². The van der Waals surface area contributed by atoms with Gasteiger partial charge < -0.3 is 15.4 Å². The van der Waals surface area contributed by atoms with Crippen LogP contribution in [0, 0.1) is 6.92 Å². The minimum absolute atomic E-state index is 0.430. The average Bonchev–Trinajstić information content (AvgIpc) is 2.23. The minimum atomic E-state index is 0.430. The third-order valence-electron chi connectivity index (χ3n) is 3.02. The summed E-state index contributed by atoms with van der Waals surface area (Å²) in [4.78, 5) is 2.37. The zero-order valence-corrected chi connectivity index (χ0v) is 9.36. The molecule has 3 nitrogen and oxygen atoms in total. The van der Waals surface area contributed by atoms with Crippen molar-refractivity contribution in [1.82, 2.24) is 0 Å². The molecule has 3 heteroatoms. The van der Waals surface area contributed by atoms with E-state index >= 15 is 0 Å². The van der Waals surface area contributed by atoms with Crippen LogP contribution in [0.3, 0.4) is 0 Å². The highest BCUT2D eigenvalue weighted by molar-refractivity contribution is 5.64. The van der Waals surface area contributed by atoms with Crippen molar-refractivity contribution in [1.29, 1.82) is 0 Å². The fourth-order valence-electron chi connectivity index (χ4n) is 2.04. The van der Waals surface area contributed by atoms with Crippen LogP contribution in [0.2, 0.25) is 0 Å². The van der Waals surface area contributed by atoms with Gasteiger partial charge in [-0.25, -0.2) is 0 Å². The fourth-order valence-corrected chi connectivity index (χ4v) is 2.04. The first kappa shape index (κ1) is 10.3. The van der Waals surface area contributed by atoms with Gasteiger partial charge in [0.25, 0.3) is 0 Å². The van der Waals surface area contributed by atoms with Gasteiger partial charge in [0.05, 0.1) is 13.2 Å². The molecule has 82 valence electrons. The molecule has 1 atom stereocenters. The quantitative estimate of drug-likeness (QED) is 0.712. The van der Waals surface area contributed by atoms with Crippen molar-refractivity contribution in [3.63, 3.8) is 0 Å². The molecule has 1 fully saturated rings. The number of rotatable bonds is 1. The van der Waals surface area contributed by atoms with Crippen LogP contribution in [0.15, 0.2) is 18.2 Å². The number of anilines is 2. The maximum Gasteiger partial charge on any atom is 0.0668 e. The maximum atomic E-state index is 5.91. The lowest BCUT2D eigenvalue weighted by molar-refractivity contribution is 0.0989. The van der Waals surface area contributed by atoms with Crippen LogP contribution in [0.5, 0.6) is 0 Å². The summed E-state index contributed by atoms with van der Waals surface area (Å²) in [5, 5.41) is 0. The number of benzene rings is 1. The van der Waals surface area contributed by atoms with Crippen molar-refractivity contribution in [2.75, 3.05) is 30.4 Å². The van der Waals surface area contributed by atoms with Crippen LogP contribution in [-0.2, 0) is 4.74 Å². The Hall–Kier alpha value is -1.22. The molecule has 1 unspecified atom stereocenters. The number of nitrogens with two attached hydrogens (primary N) is 1. The Bertz CT molecular complexity index is 351. The smallest absolute Gasteiger partial charge is 0.0668 e. The van der Waals surface area contributed by atoms with Gasteiger partial charge in [0.15, 0.2) is 0 Å². The molecular weight excluding hydrogens is 188 g/mol. The molecule has 0 bridgehead atoms. The Morgan fingerprint density at radius 2 is 2.27 bits per heavy atom. The lowest BCUT2D eigenvalue weighted by Gasteiger charge is -2.36. The van der Waals surface area contributed by atoms with Gasteiger partial charge in [0, 0.05) is 24.0 Å². The van der Waals surface area contributed by atoms with Gasteiger partial charge in [0.2, 0.25) is 0 Å². The van der Waals surface area contributed by atoms with Gasteiger partial charge in [-0.2, -0.15) is 0 Å². The highest BCUT2D eigenvalue weighted by Gasteiger charge is 2.20. The Labute approximate surface area is 90.8 Å². The molecule has 0 aliphatic carbocycles. The van der Waals surface area contributed by atoms with Gasteiger partial charge in [0.1, 0.15) is 0 Å². The Balaban J connectivity index is 2.31. The molecule has 2 N–H and O–H groups in total. The van der Waals surface area contributed by atoms with Crippen LogP contribution in [0.4, 0.5) is 11.4 Å². The summed E-state index contributed by atoms with van der Waals surface area (Å²) in [5.74, 6) is 0. The summed E-state index contributed by atoms with van der Waals surface area (Å²) in [6.45, 7) is 6.81. The first-order valence-corrected chi connectivity index (χ1v) is 5.39. The van der Waals surface area contributed by atoms with Gasteiger partial charge in [-0.3, -0.25) is 0 Å². The summed E-state index contributed by atoms with van der Waals surface area (Å²) in [5.41, 5.74) is 9.20. The van der Waals surface area contributed by atoms with Crippen molar-refractivity contribution < 1.29 is 4.74 Å². The fraction of sp³-hybridized carbons (Fsp3) is 0.500. The van der Waals surface area contributed by atoms with E-state index in [1.165, 1.54) is 11.3 Å². The van der Waals surface area contributed by atoms with Crippen molar-refractivity contribution in [3.05, 3.63) is 23.8 Å². The third-order valence-corrected chi connectivity index (χ3v) is 3.02. The van der Waals surface area contributed by atoms with Crippen LogP contribution < -0.4 is 10.6 Å². The normalized spacial score (nSPS) is 21.7. The Morgan fingerprint density at radius 1 is 1.47 bits per heavy atom. The lowest BCUT2D eigenvalue weighted by atomic mass is 10.1. The number of morpholine rings is 1. The molecule has 1 aliphatic heterocycles. The van der Waals surface area contributed by atoms with Crippen molar-refractivity contribution in [3.8, 4) is 0 Å². The van der Waals surface area contributed by atoms with Crippen LogP contribution in [0.1, 0.15) is 12.5 Å². The summed E-state index contributed by atoms with van der Waals surface area (Å²) in [7, 11) is 0. The average molecular weight is 206 g/mol. The molecule has 1 saturated heterocycles. The molecule has 1 aromatic carbocycles. The van der Waals surface area contributed by atoms with Crippen LogP contribution in [-0.4, -0.2) is 25.8 Å². The van der Waals surface area contributed by atoms with Gasteiger partial charge in [-0.05, 0) is 31.5 Å². The minimum Gasteiger partial charge on any atom is -0.398 e. The number of nitrogen functional groups attached to an aromatic ring is 1. The second-order valence-electron chi connectivity index (χ2n) is 4.11. The highest BCUT2D eigenvalue weighted by Crippen LogP contribution is 2.27. The summed E-state index contributed by atoms with van der Waals surface area (Å²) < 4.78 is 5.43.